The molecule has 0 bridgehead atoms. The van der Waals surface area contributed by atoms with Gasteiger partial charge in [-0.25, -0.2) is 18.8 Å². The Morgan fingerprint density at radius 2 is 1.85 bits per heavy atom. The molecule has 0 spiro atoms. The molecule has 41 heavy (non-hydrogen) atoms. The molecule has 222 valence electrons. The highest BCUT2D eigenvalue weighted by Crippen LogP contribution is 2.39. The molecule has 2 heterocycles. The second-order valence-corrected chi connectivity index (χ2v) is 11.1. The zero-order valence-electron chi connectivity index (χ0n) is 23.3. The number of hydrogen-bond donors (Lipinski definition) is 1. The lowest BCUT2D eigenvalue weighted by Crippen LogP contribution is -2.32. The van der Waals surface area contributed by atoms with Gasteiger partial charge in [0.25, 0.3) is 0 Å². The van der Waals surface area contributed by atoms with Gasteiger partial charge in [-0.1, -0.05) is 43.3 Å². The van der Waals surface area contributed by atoms with Crippen LogP contribution in [-0.4, -0.2) is 35.6 Å². The lowest BCUT2D eigenvalue weighted by Gasteiger charge is -2.28. The number of benzene rings is 1. The number of aryl methyl sites for hydroxylation is 1. The van der Waals surface area contributed by atoms with Gasteiger partial charge in [0.05, 0.1) is 5.57 Å². The van der Waals surface area contributed by atoms with Crippen LogP contribution in [0.3, 0.4) is 0 Å². The second kappa shape index (κ2) is 13.1. The van der Waals surface area contributed by atoms with Gasteiger partial charge in [0.15, 0.2) is 23.1 Å². The Morgan fingerprint density at radius 1 is 1.12 bits per heavy atom. The average Bonchev–Trinajstić information content (AvgIpc) is 3.36. The van der Waals surface area contributed by atoms with Crippen LogP contribution in [0.1, 0.15) is 74.7 Å². The highest BCUT2D eigenvalue weighted by atomic mass is 19.4. The molecule has 3 unspecified atom stereocenters. The van der Waals surface area contributed by atoms with Crippen LogP contribution in [0.4, 0.5) is 22.0 Å². The van der Waals surface area contributed by atoms with E-state index in [1.165, 1.54) is 0 Å². The smallest absolute Gasteiger partial charge is 0.417 e. The molecule has 0 saturated heterocycles. The average molecular weight is 578 g/mol. The number of aliphatic imine (C=N–C) groups is 1. The molecule has 1 aromatic carbocycles. The van der Waals surface area contributed by atoms with Gasteiger partial charge < -0.3 is 9.73 Å². The van der Waals surface area contributed by atoms with Crippen molar-refractivity contribution in [2.24, 2.45) is 22.7 Å². The molecule has 1 aliphatic heterocycles. The predicted molar refractivity (Wildman–Crippen MR) is 148 cm³/mol. The van der Waals surface area contributed by atoms with Crippen molar-refractivity contribution in [2.75, 3.05) is 6.54 Å². The molecule has 2 aliphatic rings. The second-order valence-electron chi connectivity index (χ2n) is 11.1. The van der Waals surface area contributed by atoms with E-state index < -0.39 is 29.5 Å². The Labute approximate surface area is 237 Å². The SMILES string of the molecule is Cc1nc(C(=O)C2CCCC(F)(F)CC(C)C(CNC3=CCCC/C=C(\C(F)(F)F)C=N3)C2)c(-c2ccccc2)o1. The fourth-order valence-corrected chi connectivity index (χ4v) is 5.56. The molecule has 2 aromatic rings. The molecule has 0 radical (unpaired) electrons. The number of carbonyl (C=O) groups excluding carboxylic acids is 1. The van der Waals surface area contributed by atoms with Gasteiger partial charge in [0, 0.05) is 44.0 Å². The number of rotatable bonds is 6. The van der Waals surface area contributed by atoms with E-state index >= 15 is 0 Å². The Hall–Kier alpha value is -3.30. The standard InChI is InChI=1S/C31H36F5N3O2/c1-20-17-30(32,33)15-9-12-23(28(40)27-29(41-21(2)39-27)22-10-5-3-6-11-22)16-24(20)18-37-26-14-8-4-7-13-25(19-38-26)31(34,35)36/h3,5-6,10-11,13-14,19-20,23-24,37H,4,7-9,12,15-18H2,1-2H3/b25-13-,26-14?,38-19?. The van der Waals surface area contributed by atoms with Crippen molar-refractivity contribution < 1.29 is 31.2 Å². The molecule has 1 saturated carbocycles. The lowest BCUT2D eigenvalue weighted by molar-refractivity contribution is -0.0858. The van der Waals surface area contributed by atoms with E-state index in [9.17, 15) is 26.7 Å². The molecule has 1 N–H and O–H groups in total. The third-order valence-electron chi connectivity index (χ3n) is 7.81. The molecule has 10 heteroatoms. The number of carbonyl (C=O) groups is 1. The zero-order valence-corrected chi connectivity index (χ0v) is 23.3. The number of aromatic nitrogens is 1. The van der Waals surface area contributed by atoms with Gasteiger partial charge in [0.1, 0.15) is 5.82 Å². The van der Waals surface area contributed by atoms with Crippen LogP contribution in [0.2, 0.25) is 0 Å². The molecule has 0 amide bonds. The summed E-state index contributed by atoms with van der Waals surface area (Å²) in [6.45, 7) is 3.60. The van der Waals surface area contributed by atoms with Crippen LogP contribution in [0.15, 0.2) is 63.3 Å². The van der Waals surface area contributed by atoms with Crippen LogP contribution in [0.25, 0.3) is 11.3 Å². The normalized spacial score (nSPS) is 25.3. The summed E-state index contributed by atoms with van der Waals surface area (Å²) in [6.07, 6.45) is 0.620. The number of nitrogens with zero attached hydrogens (tertiary/aromatic N) is 2. The maximum atomic E-state index is 14.8. The zero-order chi connectivity index (χ0) is 29.6. The molecule has 1 aliphatic carbocycles. The minimum absolute atomic E-state index is 0.190. The number of nitrogens with one attached hydrogen (secondary N) is 1. The van der Waals surface area contributed by atoms with Crippen molar-refractivity contribution in [1.29, 1.82) is 0 Å². The molecule has 1 aromatic heterocycles. The molecule has 4 rings (SSSR count). The number of Topliss-reactive ketones (excluding diaryl/α,β-unsaturated/α-hetero) is 1. The molecular formula is C31H36F5N3O2. The van der Waals surface area contributed by atoms with Crippen molar-refractivity contribution in [1.82, 2.24) is 10.3 Å². The largest absolute Gasteiger partial charge is 0.440 e. The van der Waals surface area contributed by atoms with Gasteiger partial charge in [-0.05, 0) is 56.4 Å². The number of hydrogen-bond acceptors (Lipinski definition) is 5. The first-order chi connectivity index (χ1) is 19.4. The summed E-state index contributed by atoms with van der Waals surface area (Å²) in [7, 11) is 0. The number of oxazole rings is 1. The quantitative estimate of drug-likeness (QED) is 0.276. The summed E-state index contributed by atoms with van der Waals surface area (Å²) in [5.74, 6) is -3.54. The van der Waals surface area contributed by atoms with E-state index in [4.69, 9.17) is 4.42 Å². The maximum Gasteiger partial charge on any atom is 0.417 e. The van der Waals surface area contributed by atoms with Crippen molar-refractivity contribution in [3.8, 4) is 11.3 Å². The maximum absolute atomic E-state index is 14.8. The van der Waals surface area contributed by atoms with E-state index in [1.54, 1.807) is 19.9 Å². The molecule has 1 fully saturated rings. The highest BCUT2D eigenvalue weighted by molar-refractivity contribution is 6.00. The van der Waals surface area contributed by atoms with E-state index in [-0.39, 0.29) is 61.9 Å². The van der Waals surface area contributed by atoms with Gasteiger partial charge in [-0.15, -0.1) is 0 Å². The Bertz CT molecular complexity index is 1280. The molecular weight excluding hydrogens is 541 g/mol. The molecule has 3 atom stereocenters. The minimum atomic E-state index is -4.51. The van der Waals surface area contributed by atoms with Gasteiger partial charge >= 0.3 is 6.18 Å². The molecule has 5 nitrogen and oxygen atoms in total. The van der Waals surface area contributed by atoms with Crippen LogP contribution >= 0.6 is 0 Å². The van der Waals surface area contributed by atoms with Crippen molar-refractivity contribution in [3.63, 3.8) is 0 Å². The van der Waals surface area contributed by atoms with Gasteiger partial charge in [-0.2, -0.15) is 13.2 Å². The summed E-state index contributed by atoms with van der Waals surface area (Å²) >= 11 is 0. The van der Waals surface area contributed by atoms with E-state index in [0.717, 1.165) is 12.3 Å². The van der Waals surface area contributed by atoms with Crippen molar-refractivity contribution in [3.05, 3.63) is 65.5 Å². The van der Waals surface area contributed by atoms with Gasteiger partial charge in [-0.3, -0.25) is 4.79 Å². The number of halogens is 5. The van der Waals surface area contributed by atoms with Crippen LogP contribution < -0.4 is 5.32 Å². The number of alkyl halides is 5. The summed E-state index contributed by atoms with van der Waals surface area (Å²) in [5.41, 5.74) is 0.0827. The summed E-state index contributed by atoms with van der Waals surface area (Å²) in [4.78, 5) is 22.3. The topological polar surface area (TPSA) is 67.5 Å². The Balaban J connectivity index is 1.57. The van der Waals surface area contributed by atoms with E-state index in [2.05, 4.69) is 15.3 Å². The first kappa shape index (κ1) is 30.7. The van der Waals surface area contributed by atoms with Crippen molar-refractivity contribution in [2.45, 2.75) is 77.3 Å². The first-order valence-electron chi connectivity index (χ1n) is 14.1. The number of allylic oxidation sites excluding steroid dienone is 3. The third-order valence-corrected chi connectivity index (χ3v) is 7.81. The van der Waals surface area contributed by atoms with Crippen LogP contribution in [0, 0.1) is 24.7 Å². The fourth-order valence-electron chi connectivity index (χ4n) is 5.56. The lowest BCUT2D eigenvalue weighted by atomic mass is 9.80. The Morgan fingerprint density at radius 3 is 2.59 bits per heavy atom. The number of ketones is 1. The van der Waals surface area contributed by atoms with Crippen molar-refractivity contribution >= 4 is 12.0 Å². The third kappa shape index (κ3) is 8.36. The minimum Gasteiger partial charge on any atom is -0.440 e. The predicted octanol–water partition coefficient (Wildman–Crippen LogP) is 8.48. The monoisotopic (exact) mass is 577 g/mol. The highest BCUT2D eigenvalue weighted by Gasteiger charge is 2.39. The summed E-state index contributed by atoms with van der Waals surface area (Å²) in [6, 6.07) is 9.15. The van der Waals surface area contributed by atoms with Gasteiger partial charge in [0.2, 0.25) is 5.92 Å². The van der Waals surface area contributed by atoms with Crippen LogP contribution in [0.5, 0.6) is 0 Å². The van der Waals surface area contributed by atoms with E-state index in [0.29, 0.717) is 36.5 Å². The Kier molecular flexibility index (Phi) is 9.81. The summed E-state index contributed by atoms with van der Waals surface area (Å²) < 4.78 is 75.4. The van der Waals surface area contributed by atoms with Crippen LogP contribution in [-0.2, 0) is 0 Å². The first-order valence-corrected chi connectivity index (χ1v) is 14.1. The fraction of sp³-hybridized carbons (Fsp3) is 0.516. The summed E-state index contributed by atoms with van der Waals surface area (Å²) in [5, 5.41) is 3.10. The van der Waals surface area contributed by atoms with E-state index in [1.807, 2.05) is 30.3 Å².